The summed E-state index contributed by atoms with van der Waals surface area (Å²) in [6.07, 6.45) is 2.42. The quantitative estimate of drug-likeness (QED) is 0.931. The van der Waals surface area contributed by atoms with Crippen molar-refractivity contribution in [2.24, 2.45) is 5.92 Å². The van der Waals surface area contributed by atoms with Gasteiger partial charge in [0.2, 0.25) is 11.8 Å². The molecule has 0 amide bonds. The Morgan fingerprint density at radius 1 is 1.25 bits per heavy atom. The monoisotopic (exact) mass is 269 g/mol. The van der Waals surface area contributed by atoms with Crippen LogP contribution in [0.1, 0.15) is 54.1 Å². The minimum atomic E-state index is 0.115. The largest absolute Gasteiger partial charge is 0.423 e. The van der Waals surface area contributed by atoms with Crippen molar-refractivity contribution in [2.75, 3.05) is 7.05 Å². The van der Waals surface area contributed by atoms with E-state index in [0.717, 1.165) is 5.89 Å². The van der Waals surface area contributed by atoms with Crippen molar-refractivity contribution in [1.82, 2.24) is 15.5 Å². The molecule has 0 spiro atoms. The summed E-state index contributed by atoms with van der Waals surface area (Å²) in [6, 6.07) is 8.90. The van der Waals surface area contributed by atoms with Crippen molar-refractivity contribution < 1.29 is 4.42 Å². The molecule has 1 N–H and O–H groups in total. The fourth-order valence-corrected chi connectivity index (χ4v) is 3.58. The number of hydrogen-bond acceptors (Lipinski definition) is 4. The van der Waals surface area contributed by atoms with Gasteiger partial charge in [0.25, 0.3) is 0 Å². The highest BCUT2D eigenvalue weighted by Crippen LogP contribution is 2.64. The predicted octanol–water partition coefficient (Wildman–Crippen LogP) is 2.79. The Morgan fingerprint density at radius 2 is 2.10 bits per heavy atom. The molecule has 1 aromatic carbocycles. The van der Waals surface area contributed by atoms with Gasteiger partial charge in [0.15, 0.2) is 0 Å². The van der Waals surface area contributed by atoms with Crippen LogP contribution in [0.15, 0.2) is 28.7 Å². The number of hydrogen-bond donors (Lipinski definition) is 1. The molecule has 4 heteroatoms. The molecule has 0 aliphatic heterocycles. The summed E-state index contributed by atoms with van der Waals surface area (Å²) in [5.74, 6) is 3.25. The Kier molecular flexibility index (Phi) is 2.67. The Morgan fingerprint density at radius 3 is 2.95 bits per heavy atom. The number of aromatic nitrogens is 2. The zero-order chi connectivity index (χ0) is 13.7. The molecule has 4 nitrogen and oxygen atoms in total. The second-order valence-electron chi connectivity index (χ2n) is 5.94. The van der Waals surface area contributed by atoms with Crippen LogP contribution in [-0.2, 0) is 6.42 Å². The molecular formula is C16H19N3O. The Balaban J connectivity index is 1.62. The summed E-state index contributed by atoms with van der Waals surface area (Å²) in [5.41, 5.74) is 3.00. The minimum Gasteiger partial charge on any atom is -0.423 e. The second kappa shape index (κ2) is 4.42. The molecule has 1 fully saturated rings. The maximum atomic E-state index is 5.88. The Bertz CT molecular complexity index is 636. The summed E-state index contributed by atoms with van der Waals surface area (Å²) < 4.78 is 5.88. The number of benzene rings is 1. The molecule has 2 aliphatic carbocycles. The molecule has 1 heterocycles. The third kappa shape index (κ3) is 1.71. The van der Waals surface area contributed by atoms with Crippen molar-refractivity contribution in [1.29, 1.82) is 0 Å². The standard InChI is InChI=1S/C16H19N3O/c1-9(17-2)15-18-19-16(20-15)14-12-8-7-10-5-3-4-6-11(10)13(12)14/h3-6,9,12-14,17H,7-8H2,1-2H3. The first-order valence-corrected chi connectivity index (χ1v) is 7.38. The molecule has 4 atom stereocenters. The molecular weight excluding hydrogens is 250 g/mol. The van der Waals surface area contributed by atoms with Gasteiger partial charge >= 0.3 is 0 Å². The molecule has 2 aliphatic rings. The zero-order valence-corrected chi connectivity index (χ0v) is 11.8. The topological polar surface area (TPSA) is 51.0 Å². The maximum Gasteiger partial charge on any atom is 0.233 e. The first kappa shape index (κ1) is 12.1. The van der Waals surface area contributed by atoms with Crippen LogP contribution < -0.4 is 5.32 Å². The maximum absolute atomic E-state index is 5.88. The van der Waals surface area contributed by atoms with Gasteiger partial charge in [-0.15, -0.1) is 10.2 Å². The lowest BCUT2D eigenvalue weighted by Gasteiger charge is -2.13. The van der Waals surface area contributed by atoms with E-state index in [-0.39, 0.29) is 6.04 Å². The predicted molar refractivity (Wildman–Crippen MR) is 75.5 cm³/mol. The lowest BCUT2D eigenvalue weighted by molar-refractivity contribution is 0.401. The average Bonchev–Trinajstić information content (AvgIpc) is 3.04. The number of nitrogens with zero attached hydrogens (tertiary/aromatic N) is 2. The summed E-state index contributed by atoms with van der Waals surface area (Å²) in [5, 5.41) is 11.6. The molecule has 0 saturated heterocycles. The second-order valence-corrected chi connectivity index (χ2v) is 5.94. The van der Waals surface area contributed by atoms with E-state index in [0.29, 0.717) is 23.6 Å². The molecule has 0 radical (unpaired) electrons. The molecule has 1 aromatic heterocycles. The van der Waals surface area contributed by atoms with Crippen LogP contribution in [0.4, 0.5) is 0 Å². The van der Waals surface area contributed by atoms with Crippen LogP contribution in [0.2, 0.25) is 0 Å². The minimum absolute atomic E-state index is 0.115. The van der Waals surface area contributed by atoms with E-state index in [9.17, 15) is 0 Å². The van der Waals surface area contributed by atoms with Gasteiger partial charge in [-0.05, 0) is 49.8 Å². The van der Waals surface area contributed by atoms with Crippen LogP contribution in [0.3, 0.4) is 0 Å². The molecule has 20 heavy (non-hydrogen) atoms. The van der Waals surface area contributed by atoms with Gasteiger partial charge < -0.3 is 9.73 Å². The molecule has 104 valence electrons. The summed E-state index contributed by atoms with van der Waals surface area (Å²) >= 11 is 0. The lowest BCUT2D eigenvalue weighted by atomic mass is 9.92. The highest BCUT2D eigenvalue weighted by Gasteiger charge is 2.56. The highest BCUT2D eigenvalue weighted by molar-refractivity contribution is 5.42. The van der Waals surface area contributed by atoms with E-state index in [1.165, 1.54) is 24.0 Å². The fraction of sp³-hybridized carbons (Fsp3) is 0.500. The van der Waals surface area contributed by atoms with Crippen LogP contribution in [0.25, 0.3) is 0 Å². The molecule has 0 bridgehead atoms. The number of fused-ring (bicyclic) bond motifs is 3. The summed E-state index contributed by atoms with van der Waals surface area (Å²) in [7, 11) is 1.90. The third-order valence-electron chi connectivity index (χ3n) is 4.87. The van der Waals surface area contributed by atoms with Gasteiger partial charge in [0.05, 0.1) is 6.04 Å². The van der Waals surface area contributed by atoms with E-state index < -0.39 is 0 Å². The molecule has 4 unspecified atom stereocenters. The van der Waals surface area contributed by atoms with Gasteiger partial charge in [-0.3, -0.25) is 0 Å². The van der Waals surface area contributed by atoms with E-state index in [1.807, 2.05) is 14.0 Å². The van der Waals surface area contributed by atoms with E-state index >= 15 is 0 Å². The van der Waals surface area contributed by atoms with Crippen molar-refractivity contribution in [3.8, 4) is 0 Å². The van der Waals surface area contributed by atoms with Gasteiger partial charge in [0, 0.05) is 5.92 Å². The van der Waals surface area contributed by atoms with Crippen LogP contribution >= 0.6 is 0 Å². The zero-order valence-electron chi connectivity index (χ0n) is 11.8. The number of aryl methyl sites for hydroxylation is 1. The fourth-order valence-electron chi connectivity index (χ4n) is 3.58. The van der Waals surface area contributed by atoms with Gasteiger partial charge in [-0.25, -0.2) is 0 Å². The number of nitrogens with one attached hydrogen (secondary N) is 1. The SMILES string of the molecule is CNC(C)c1nnc(C2C3CCc4ccccc4C32)o1. The van der Waals surface area contributed by atoms with Crippen LogP contribution in [0, 0.1) is 5.92 Å². The van der Waals surface area contributed by atoms with Gasteiger partial charge in [-0.1, -0.05) is 24.3 Å². The number of rotatable bonds is 3. The average molecular weight is 269 g/mol. The molecule has 1 saturated carbocycles. The molecule has 4 rings (SSSR count). The molecule has 2 aromatic rings. The van der Waals surface area contributed by atoms with Crippen molar-refractivity contribution in [3.63, 3.8) is 0 Å². The van der Waals surface area contributed by atoms with Crippen molar-refractivity contribution in [2.45, 2.75) is 37.6 Å². The first-order valence-electron chi connectivity index (χ1n) is 7.38. The normalized spacial score (nSPS) is 28.6. The van der Waals surface area contributed by atoms with E-state index in [4.69, 9.17) is 4.42 Å². The summed E-state index contributed by atoms with van der Waals surface area (Å²) in [4.78, 5) is 0. The first-order chi connectivity index (χ1) is 9.79. The lowest BCUT2D eigenvalue weighted by Crippen LogP contribution is -2.12. The highest BCUT2D eigenvalue weighted by atomic mass is 16.4. The Labute approximate surface area is 118 Å². The van der Waals surface area contributed by atoms with E-state index in [2.05, 4.69) is 39.8 Å². The van der Waals surface area contributed by atoms with Crippen molar-refractivity contribution >= 4 is 0 Å². The smallest absolute Gasteiger partial charge is 0.233 e. The van der Waals surface area contributed by atoms with Gasteiger partial charge in [-0.2, -0.15) is 0 Å². The summed E-state index contributed by atoms with van der Waals surface area (Å²) in [6.45, 7) is 2.03. The van der Waals surface area contributed by atoms with E-state index in [1.54, 1.807) is 0 Å². The van der Waals surface area contributed by atoms with Crippen molar-refractivity contribution in [3.05, 3.63) is 47.2 Å². The third-order valence-corrected chi connectivity index (χ3v) is 4.87. The van der Waals surface area contributed by atoms with Crippen LogP contribution in [0.5, 0.6) is 0 Å². The Hall–Kier alpha value is -1.68. The van der Waals surface area contributed by atoms with Crippen LogP contribution in [-0.4, -0.2) is 17.2 Å². The van der Waals surface area contributed by atoms with Gasteiger partial charge in [0.1, 0.15) is 0 Å².